The smallest absolute Gasteiger partial charge is 0.254 e. The summed E-state index contributed by atoms with van der Waals surface area (Å²) in [5, 5.41) is 0. The van der Waals surface area contributed by atoms with Gasteiger partial charge in [-0.3, -0.25) is 4.79 Å². The summed E-state index contributed by atoms with van der Waals surface area (Å²) < 4.78 is 33.5. The second kappa shape index (κ2) is 8.32. The van der Waals surface area contributed by atoms with Crippen LogP contribution < -0.4 is 9.46 Å². The summed E-state index contributed by atoms with van der Waals surface area (Å²) in [6.45, 7) is 6.75. The van der Waals surface area contributed by atoms with E-state index in [2.05, 4.69) is 10.8 Å². The molecule has 0 aromatic heterocycles. The van der Waals surface area contributed by atoms with Gasteiger partial charge in [-0.1, -0.05) is 24.3 Å². The zero-order valence-electron chi connectivity index (χ0n) is 16.4. The minimum absolute atomic E-state index is 0.00805. The number of amides is 1. The molecule has 0 spiro atoms. The molecule has 2 aromatic rings. The van der Waals surface area contributed by atoms with Gasteiger partial charge in [0.2, 0.25) is 10.0 Å². The Morgan fingerprint density at radius 1 is 1.18 bits per heavy atom. The zero-order chi connectivity index (χ0) is 20.3. The maximum Gasteiger partial charge on any atom is 0.254 e. The van der Waals surface area contributed by atoms with Crippen LogP contribution in [0.1, 0.15) is 42.3 Å². The Kier molecular flexibility index (Phi) is 6.05. The Labute approximate surface area is 166 Å². The van der Waals surface area contributed by atoms with E-state index in [9.17, 15) is 13.2 Å². The fourth-order valence-electron chi connectivity index (χ4n) is 3.35. The van der Waals surface area contributed by atoms with Crippen LogP contribution in [0.3, 0.4) is 0 Å². The SMILES string of the molecule is CCOc1ccc(C(=O)N2CCc3ccccc3C2)cc1S(=O)(=O)NC(C)C. The lowest BCUT2D eigenvalue weighted by molar-refractivity contribution is 0.0734. The van der Waals surface area contributed by atoms with Crippen molar-refractivity contribution in [2.45, 2.75) is 44.7 Å². The first-order valence-corrected chi connectivity index (χ1v) is 11.0. The number of nitrogens with one attached hydrogen (secondary N) is 1. The molecule has 0 bridgehead atoms. The highest BCUT2D eigenvalue weighted by molar-refractivity contribution is 7.89. The predicted octanol–water partition coefficient (Wildman–Crippen LogP) is 2.97. The average molecular weight is 403 g/mol. The molecule has 2 aromatic carbocycles. The van der Waals surface area contributed by atoms with E-state index in [-0.39, 0.29) is 22.6 Å². The zero-order valence-corrected chi connectivity index (χ0v) is 17.3. The molecule has 1 N–H and O–H groups in total. The van der Waals surface area contributed by atoms with Crippen LogP contribution in [0.15, 0.2) is 47.4 Å². The van der Waals surface area contributed by atoms with Gasteiger partial charge in [0.1, 0.15) is 10.6 Å². The Morgan fingerprint density at radius 3 is 2.57 bits per heavy atom. The number of hydrogen-bond donors (Lipinski definition) is 1. The van der Waals surface area contributed by atoms with Crippen molar-refractivity contribution in [2.24, 2.45) is 0 Å². The van der Waals surface area contributed by atoms with Crippen LogP contribution in [0, 0.1) is 0 Å². The van der Waals surface area contributed by atoms with Crippen LogP contribution in [0.2, 0.25) is 0 Å². The third-order valence-electron chi connectivity index (χ3n) is 4.59. The van der Waals surface area contributed by atoms with Crippen molar-refractivity contribution in [1.82, 2.24) is 9.62 Å². The summed E-state index contributed by atoms with van der Waals surface area (Å²) in [5.41, 5.74) is 2.72. The molecule has 1 aliphatic rings. The van der Waals surface area contributed by atoms with Gasteiger partial charge in [-0.2, -0.15) is 0 Å². The summed E-state index contributed by atoms with van der Waals surface area (Å²) >= 11 is 0. The van der Waals surface area contributed by atoms with Crippen LogP contribution in [0.4, 0.5) is 0 Å². The number of hydrogen-bond acceptors (Lipinski definition) is 4. The first-order chi connectivity index (χ1) is 13.3. The maximum atomic E-state index is 13.0. The maximum absolute atomic E-state index is 13.0. The van der Waals surface area contributed by atoms with Crippen molar-refractivity contribution in [3.8, 4) is 5.75 Å². The standard InChI is InChI=1S/C21H26N2O4S/c1-4-27-19-10-9-17(13-20(19)28(25,26)22-15(2)3)21(24)23-12-11-16-7-5-6-8-18(16)14-23/h5-10,13,15,22H,4,11-12,14H2,1-3H3. The lowest BCUT2D eigenvalue weighted by atomic mass is 9.99. The Bertz CT molecular complexity index is 970. The van der Waals surface area contributed by atoms with Crippen LogP contribution in [-0.2, 0) is 23.0 Å². The molecule has 0 atom stereocenters. The molecule has 0 radical (unpaired) electrons. The number of sulfonamides is 1. The van der Waals surface area contributed by atoms with Gasteiger partial charge in [0, 0.05) is 24.7 Å². The van der Waals surface area contributed by atoms with Crippen LogP contribution >= 0.6 is 0 Å². The second-order valence-corrected chi connectivity index (χ2v) is 8.80. The van der Waals surface area contributed by atoms with Crippen molar-refractivity contribution in [3.05, 3.63) is 59.2 Å². The normalized spacial score (nSPS) is 14.1. The molecule has 1 aliphatic heterocycles. The van der Waals surface area contributed by atoms with Crippen LogP contribution in [-0.4, -0.2) is 38.4 Å². The molecule has 0 unspecified atom stereocenters. The Hall–Kier alpha value is -2.38. The van der Waals surface area contributed by atoms with Gasteiger partial charge < -0.3 is 9.64 Å². The highest BCUT2D eigenvalue weighted by Crippen LogP contribution is 2.27. The van der Waals surface area contributed by atoms with E-state index in [0.717, 1.165) is 12.0 Å². The molecule has 0 fully saturated rings. The molecule has 1 heterocycles. The van der Waals surface area contributed by atoms with E-state index in [0.29, 0.717) is 25.3 Å². The summed E-state index contributed by atoms with van der Waals surface area (Å²) in [6, 6.07) is 12.4. The number of carbonyl (C=O) groups is 1. The first-order valence-electron chi connectivity index (χ1n) is 9.47. The molecular formula is C21H26N2O4S. The number of rotatable bonds is 6. The molecule has 3 rings (SSSR count). The molecular weight excluding hydrogens is 376 g/mol. The predicted molar refractivity (Wildman–Crippen MR) is 108 cm³/mol. The van der Waals surface area contributed by atoms with E-state index in [1.165, 1.54) is 11.6 Å². The van der Waals surface area contributed by atoms with E-state index < -0.39 is 10.0 Å². The third-order valence-corrected chi connectivity index (χ3v) is 6.27. The number of nitrogens with zero attached hydrogens (tertiary/aromatic N) is 1. The third kappa shape index (κ3) is 4.36. The van der Waals surface area contributed by atoms with Gasteiger partial charge in [-0.25, -0.2) is 13.1 Å². The molecule has 28 heavy (non-hydrogen) atoms. The molecule has 6 nitrogen and oxygen atoms in total. The van der Waals surface area contributed by atoms with E-state index in [4.69, 9.17) is 4.74 Å². The molecule has 1 amide bonds. The van der Waals surface area contributed by atoms with Crippen molar-refractivity contribution in [2.75, 3.05) is 13.2 Å². The van der Waals surface area contributed by atoms with Gasteiger partial charge in [0.05, 0.1) is 6.61 Å². The minimum Gasteiger partial charge on any atom is -0.492 e. The van der Waals surface area contributed by atoms with Crippen molar-refractivity contribution in [1.29, 1.82) is 0 Å². The lowest BCUT2D eigenvalue weighted by Crippen LogP contribution is -2.36. The molecule has 0 saturated heterocycles. The fraction of sp³-hybridized carbons (Fsp3) is 0.381. The quantitative estimate of drug-likeness (QED) is 0.806. The van der Waals surface area contributed by atoms with Crippen LogP contribution in [0.5, 0.6) is 5.75 Å². The summed E-state index contributed by atoms with van der Waals surface area (Å²) in [7, 11) is -3.79. The molecule has 150 valence electrons. The number of ether oxygens (including phenoxy) is 1. The van der Waals surface area contributed by atoms with Gasteiger partial charge in [-0.05, 0) is 56.5 Å². The highest BCUT2D eigenvalue weighted by Gasteiger charge is 2.26. The van der Waals surface area contributed by atoms with Crippen molar-refractivity contribution < 1.29 is 17.9 Å². The van der Waals surface area contributed by atoms with Gasteiger partial charge in [0.15, 0.2) is 0 Å². The van der Waals surface area contributed by atoms with Gasteiger partial charge in [-0.15, -0.1) is 0 Å². The number of carbonyl (C=O) groups excluding carboxylic acids is 1. The number of benzene rings is 2. The summed E-state index contributed by atoms with van der Waals surface area (Å²) in [6.07, 6.45) is 0.791. The number of fused-ring (bicyclic) bond motifs is 1. The Morgan fingerprint density at radius 2 is 1.89 bits per heavy atom. The second-order valence-electron chi connectivity index (χ2n) is 7.12. The van der Waals surface area contributed by atoms with Gasteiger partial charge in [0.25, 0.3) is 5.91 Å². The highest BCUT2D eigenvalue weighted by atomic mass is 32.2. The largest absolute Gasteiger partial charge is 0.492 e. The van der Waals surface area contributed by atoms with Crippen molar-refractivity contribution in [3.63, 3.8) is 0 Å². The van der Waals surface area contributed by atoms with E-state index in [1.54, 1.807) is 37.8 Å². The monoisotopic (exact) mass is 402 g/mol. The van der Waals surface area contributed by atoms with Gasteiger partial charge >= 0.3 is 0 Å². The Balaban J connectivity index is 1.92. The first kappa shape index (κ1) is 20.4. The van der Waals surface area contributed by atoms with E-state index in [1.807, 2.05) is 18.2 Å². The average Bonchev–Trinajstić information content (AvgIpc) is 2.66. The summed E-state index contributed by atoms with van der Waals surface area (Å²) in [4.78, 5) is 14.8. The lowest BCUT2D eigenvalue weighted by Gasteiger charge is -2.29. The topological polar surface area (TPSA) is 75.7 Å². The summed E-state index contributed by atoms with van der Waals surface area (Å²) in [5.74, 6) is 0.0646. The minimum atomic E-state index is -3.79. The molecule has 0 saturated carbocycles. The fourth-order valence-corrected chi connectivity index (χ4v) is 4.77. The van der Waals surface area contributed by atoms with Crippen molar-refractivity contribution >= 4 is 15.9 Å². The molecule has 7 heteroatoms. The van der Waals surface area contributed by atoms with Crippen LogP contribution in [0.25, 0.3) is 0 Å². The molecule has 0 aliphatic carbocycles. The van der Waals surface area contributed by atoms with E-state index >= 15 is 0 Å².